The topological polar surface area (TPSA) is 289 Å². The van der Waals surface area contributed by atoms with E-state index in [4.69, 9.17) is 29.4 Å². The molecule has 10 atom stereocenters. The lowest BCUT2D eigenvalue weighted by molar-refractivity contribution is -0.357. The lowest BCUT2D eigenvalue weighted by atomic mass is 9.99. The van der Waals surface area contributed by atoms with Crippen LogP contribution in [0.3, 0.4) is 0 Å². The molecule has 3 rings (SSSR count). The molecule has 0 aliphatic carbocycles. The van der Waals surface area contributed by atoms with Crippen LogP contribution >= 0.6 is 35.3 Å². The molecule has 0 aromatic carbocycles. The molecular weight excluding hydrogens is 785 g/mol. The highest BCUT2D eigenvalue weighted by Crippen LogP contribution is 2.27. The molecule has 0 spiro atoms. The van der Waals surface area contributed by atoms with Gasteiger partial charge in [0.05, 0.1) is 25.6 Å². The van der Waals surface area contributed by atoms with Crippen LogP contribution in [0.1, 0.15) is 30.1 Å². The largest absolute Gasteiger partial charge is 0.387 e. The first-order valence-electron chi connectivity index (χ1n) is 17.6. The summed E-state index contributed by atoms with van der Waals surface area (Å²) in [6.07, 6.45) is -9.39. The minimum atomic E-state index is -1.80. The van der Waals surface area contributed by atoms with E-state index in [0.29, 0.717) is 65.4 Å². The maximum absolute atomic E-state index is 12.2. The van der Waals surface area contributed by atoms with Crippen LogP contribution in [-0.4, -0.2) is 189 Å². The summed E-state index contributed by atoms with van der Waals surface area (Å²) >= 11 is 4.58. The van der Waals surface area contributed by atoms with Crippen molar-refractivity contribution >= 4 is 58.6 Å². The van der Waals surface area contributed by atoms with Gasteiger partial charge in [0.1, 0.15) is 48.6 Å². The van der Waals surface area contributed by atoms with Crippen LogP contribution in [0.25, 0.3) is 0 Å². The summed E-state index contributed by atoms with van der Waals surface area (Å²) in [6.45, 7) is 2.43. The number of hydrogen-bond acceptors (Lipinski definition) is 19. The predicted octanol–water partition coefficient (Wildman–Crippen LogP) is -2.11. The maximum Gasteiger partial charge on any atom is 0.271 e. The van der Waals surface area contributed by atoms with E-state index >= 15 is 0 Å². The number of hydrazone groups is 1. The monoisotopic (exact) mass is 838 g/mol. The quantitative estimate of drug-likeness (QED) is 0.0233. The Hall–Kier alpha value is -2.16. The molecule has 0 unspecified atom stereocenters. The SMILES string of the molecule is CSCC(N)=NCCSCCO[C@@H]1[C@@H](O)[C@H](O)[C@@H](CO[C@H]2O[C@H](O)[C@@H](O)[C@H](O)[C@H]2OCCSCCNC(=O)CC/C(C)=N/NC(=O)c2ccncc2)O[C@@H]1O. The Balaban J connectivity index is 1.33. The molecule has 1 aromatic rings. The van der Waals surface area contributed by atoms with Crippen molar-refractivity contribution in [2.75, 3.05) is 67.9 Å². The summed E-state index contributed by atoms with van der Waals surface area (Å²) in [5, 5.41) is 69.6. The lowest BCUT2D eigenvalue weighted by Gasteiger charge is -2.43. The van der Waals surface area contributed by atoms with Gasteiger partial charge >= 0.3 is 0 Å². The van der Waals surface area contributed by atoms with E-state index in [1.54, 1.807) is 42.6 Å². The van der Waals surface area contributed by atoms with Gasteiger partial charge in [-0.1, -0.05) is 0 Å². The van der Waals surface area contributed by atoms with Crippen molar-refractivity contribution in [1.29, 1.82) is 0 Å². The van der Waals surface area contributed by atoms with E-state index in [-0.39, 0.29) is 31.4 Å². The third-order valence-corrected chi connectivity index (χ3v) is 10.6. The first-order valence-corrected chi connectivity index (χ1v) is 21.3. The number of ether oxygens (including phenoxy) is 5. The van der Waals surface area contributed by atoms with Crippen LogP contribution in [0.15, 0.2) is 34.6 Å². The fraction of sp³-hybridized carbons (Fsp3) is 0.727. The molecule has 0 radical (unpaired) electrons. The van der Waals surface area contributed by atoms with E-state index in [9.17, 15) is 40.2 Å². The average molecular weight is 839 g/mol. The number of aliphatic hydroxyl groups is 6. The zero-order valence-corrected chi connectivity index (χ0v) is 33.2. The number of thioether (sulfide) groups is 3. The van der Waals surface area contributed by atoms with E-state index < -0.39 is 68.2 Å². The Morgan fingerprint density at radius 2 is 1.55 bits per heavy atom. The molecule has 0 bridgehead atoms. The van der Waals surface area contributed by atoms with Crippen molar-refractivity contribution < 1.29 is 63.9 Å². The predicted molar refractivity (Wildman–Crippen MR) is 208 cm³/mol. The van der Waals surface area contributed by atoms with Crippen LogP contribution in [0.2, 0.25) is 0 Å². The molecule has 2 saturated heterocycles. The molecule has 10 N–H and O–H groups in total. The van der Waals surface area contributed by atoms with Gasteiger partial charge < -0.3 is 65.4 Å². The van der Waals surface area contributed by atoms with E-state index in [1.807, 2.05) is 6.26 Å². The summed E-state index contributed by atoms with van der Waals surface area (Å²) in [7, 11) is 0. The van der Waals surface area contributed by atoms with Gasteiger partial charge in [-0.25, -0.2) is 5.43 Å². The van der Waals surface area contributed by atoms with Gasteiger partial charge in [-0.05, 0) is 31.7 Å². The Labute approximate surface area is 332 Å². The Bertz CT molecular complexity index is 1340. The third-order valence-electron chi connectivity index (χ3n) is 8.10. The van der Waals surface area contributed by atoms with Gasteiger partial charge in [0.2, 0.25) is 5.91 Å². The van der Waals surface area contributed by atoms with Gasteiger partial charge in [-0.2, -0.15) is 40.4 Å². The van der Waals surface area contributed by atoms with Crippen LogP contribution < -0.4 is 16.5 Å². The number of amides is 2. The molecule has 0 saturated carbocycles. The lowest BCUT2D eigenvalue weighted by Crippen LogP contribution is -2.62. The van der Waals surface area contributed by atoms with E-state index in [0.717, 1.165) is 0 Å². The van der Waals surface area contributed by atoms with Crippen molar-refractivity contribution in [3.8, 4) is 0 Å². The van der Waals surface area contributed by atoms with Crippen LogP contribution in [0.4, 0.5) is 0 Å². The maximum atomic E-state index is 12.2. The van der Waals surface area contributed by atoms with Crippen molar-refractivity contribution in [3.63, 3.8) is 0 Å². The van der Waals surface area contributed by atoms with Gasteiger partial charge in [-0.15, -0.1) is 0 Å². The van der Waals surface area contributed by atoms with Crippen LogP contribution in [0.5, 0.6) is 0 Å². The number of nitrogens with two attached hydrogens (primary N) is 1. The Kier molecular flexibility index (Phi) is 22.3. The Morgan fingerprint density at radius 1 is 0.873 bits per heavy atom. The fourth-order valence-electron chi connectivity index (χ4n) is 5.11. The number of aromatic nitrogens is 1. The molecule has 2 amide bonds. The zero-order chi connectivity index (χ0) is 40.2. The fourth-order valence-corrected chi connectivity index (χ4v) is 6.80. The van der Waals surface area contributed by atoms with Gasteiger partial charge in [0.15, 0.2) is 18.9 Å². The number of nitrogens with zero attached hydrogens (tertiary/aromatic N) is 3. The van der Waals surface area contributed by atoms with E-state index in [2.05, 4.69) is 25.8 Å². The standard InChI is InChI=1S/C33H54N6O13S3/c1-19(38-39-30(45)20-5-7-35-8-6-20)3-4-23(40)37-10-14-55-16-12-49-29-26(43)27(44)31(46)52-33(29)50-17-21-24(41)25(42)28(32(47)51-21)48-11-15-54-13-9-36-22(34)18-53-2/h5-8,21,24-29,31-33,41-44,46-47H,3-4,9-18H2,1-2H3,(H2,34,36)(H,37,40)(H,39,45)/b38-19+/t21-,24-,25+,26+,27+,28-,29-,31+,32+,33+/m1/s1. The Morgan fingerprint density at radius 3 is 2.25 bits per heavy atom. The first-order chi connectivity index (χ1) is 26.4. The van der Waals surface area contributed by atoms with Crippen LogP contribution in [0, 0.1) is 0 Å². The number of carbonyl (C=O) groups excluding carboxylic acids is 2. The summed E-state index contributed by atoms with van der Waals surface area (Å²) in [6, 6.07) is 3.13. The molecule has 2 fully saturated rings. The summed E-state index contributed by atoms with van der Waals surface area (Å²) in [5.41, 5.74) is 9.22. The summed E-state index contributed by atoms with van der Waals surface area (Å²) in [4.78, 5) is 32.4. The second-order valence-corrected chi connectivity index (χ2v) is 15.6. The highest BCUT2D eigenvalue weighted by Gasteiger charge is 2.48. The average Bonchev–Trinajstić information content (AvgIpc) is 3.17. The molecule has 3 heterocycles. The second-order valence-electron chi connectivity index (χ2n) is 12.3. The molecule has 19 nitrogen and oxygen atoms in total. The van der Waals surface area contributed by atoms with Crippen molar-refractivity contribution in [2.45, 2.75) is 81.4 Å². The number of aliphatic imine (C=N–C) groups is 1. The van der Waals surface area contributed by atoms with Gasteiger partial charge in [0, 0.05) is 66.2 Å². The normalized spacial score (nSPS) is 28.9. The molecule has 2 aliphatic heterocycles. The molecule has 1 aromatic heterocycles. The summed E-state index contributed by atoms with van der Waals surface area (Å²) < 4.78 is 27.8. The number of aliphatic hydroxyl groups excluding tert-OH is 6. The molecular formula is C33H54N6O13S3. The zero-order valence-electron chi connectivity index (χ0n) is 30.8. The number of hydrogen-bond donors (Lipinski definition) is 9. The molecule has 55 heavy (non-hydrogen) atoms. The molecule has 312 valence electrons. The van der Waals surface area contributed by atoms with Gasteiger partial charge in [0.25, 0.3) is 5.91 Å². The smallest absolute Gasteiger partial charge is 0.271 e. The van der Waals surface area contributed by atoms with Crippen LogP contribution in [-0.2, 0) is 28.5 Å². The molecule has 22 heteroatoms. The number of carbonyl (C=O) groups is 2. The number of rotatable bonds is 24. The second kappa shape index (κ2) is 26.0. The molecule has 2 aliphatic rings. The van der Waals surface area contributed by atoms with Gasteiger partial charge in [-0.3, -0.25) is 19.6 Å². The number of amidine groups is 1. The minimum Gasteiger partial charge on any atom is -0.387 e. The first kappa shape index (κ1) is 47.2. The highest BCUT2D eigenvalue weighted by molar-refractivity contribution is 7.99. The summed E-state index contributed by atoms with van der Waals surface area (Å²) in [5.74, 6) is 2.90. The highest BCUT2D eigenvalue weighted by atomic mass is 32.2. The number of nitrogens with one attached hydrogen (secondary N) is 2. The third kappa shape index (κ3) is 16.7. The van der Waals surface area contributed by atoms with E-state index in [1.165, 1.54) is 24.2 Å². The van der Waals surface area contributed by atoms with Crippen molar-refractivity contribution in [2.24, 2.45) is 15.8 Å². The van der Waals surface area contributed by atoms with Crippen molar-refractivity contribution in [3.05, 3.63) is 30.1 Å². The minimum absolute atomic E-state index is 0.0732. The van der Waals surface area contributed by atoms with Crippen molar-refractivity contribution in [1.82, 2.24) is 15.7 Å². The number of pyridine rings is 1.